The molecule has 0 bridgehead atoms. The van der Waals surface area contributed by atoms with Crippen LogP contribution in [0.5, 0.6) is 0 Å². The Kier molecular flexibility index (Phi) is 11.1. The number of carbonyl (C=O) groups excluding carboxylic acids is 1. The zero-order valence-corrected chi connectivity index (χ0v) is 29.6. The Bertz CT molecular complexity index is 1280. The number of nitrogens with zero attached hydrogens (tertiary/aromatic N) is 2. The van der Waals surface area contributed by atoms with Gasteiger partial charge in [-0.1, -0.05) is 73.6 Å². The van der Waals surface area contributed by atoms with Crippen LogP contribution in [-0.2, 0) is 22.4 Å². The summed E-state index contributed by atoms with van der Waals surface area (Å²) < 4.78 is 35.8. The molecule has 0 unspecified atom stereocenters. The second-order valence-electron chi connectivity index (χ2n) is 12.5. The molecule has 1 amide bonds. The number of amides is 1. The van der Waals surface area contributed by atoms with Crippen LogP contribution in [-0.4, -0.2) is 69.7 Å². The van der Waals surface area contributed by atoms with Gasteiger partial charge in [0.25, 0.3) is 5.91 Å². The van der Waals surface area contributed by atoms with Gasteiger partial charge in [-0.15, -0.1) is 11.8 Å². The van der Waals surface area contributed by atoms with Crippen LogP contribution in [0.25, 0.3) is 0 Å². The first-order chi connectivity index (χ1) is 20.4. The van der Waals surface area contributed by atoms with E-state index >= 15 is 0 Å². The topological polar surface area (TPSA) is 110 Å². The van der Waals surface area contributed by atoms with E-state index in [2.05, 4.69) is 65.7 Å². The highest BCUT2D eigenvalue weighted by atomic mass is 32.2. The van der Waals surface area contributed by atoms with Gasteiger partial charge in [0.05, 0.1) is 12.5 Å². The lowest BCUT2D eigenvalue weighted by Crippen LogP contribution is -2.66. The Balaban J connectivity index is 1.71. The minimum atomic E-state index is -2.93. The summed E-state index contributed by atoms with van der Waals surface area (Å²) in [6, 6.07) is 10.4. The van der Waals surface area contributed by atoms with Crippen LogP contribution in [0.15, 0.2) is 47.4 Å². The number of hydrogen-bond donors (Lipinski definition) is 1. The molecule has 0 saturated carbocycles. The van der Waals surface area contributed by atoms with Gasteiger partial charge in [-0.2, -0.15) is 4.98 Å². The molecule has 2 aliphatic heterocycles. The lowest BCUT2D eigenvalue weighted by atomic mass is 10.1. The standard InChI is InChI=1S/C30H47N3O7SSi2/c1-19(2)42(20(3)4)37-17-24-26(39-43(40-42,21(5)6)22(7)8)27(36-18-41-9)29(38-24)33-16-15-25(32-30(33)35)31-28(34)23-13-11-10-12-14-23/h10-16,19-22,24,26-27,29H,17-18H2,1-9H3,(H,31,32,34,35)/t24-,26-,27-,29-/m1/s1. The summed E-state index contributed by atoms with van der Waals surface area (Å²) in [6.07, 6.45) is 1.15. The summed E-state index contributed by atoms with van der Waals surface area (Å²) in [4.78, 5) is 30.2. The maximum Gasteiger partial charge on any atom is 0.351 e. The maximum atomic E-state index is 13.4. The summed E-state index contributed by atoms with van der Waals surface area (Å²) in [6.45, 7) is 17.7. The Morgan fingerprint density at radius 3 is 2.21 bits per heavy atom. The van der Waals surface area contributed by atoms with Gasteiger partial charge in [-0.3, -0.25) is 9.36 Å². The predicted molar refractivity (Wildman–Crippen MR) is 174 cm³/mol. The molecule has 0 radical (unpaired) electrons. The van der Waals surface area contributed by atoms with Crippen molar-refractivity contribution in [2.45, 2.75) is 102 Å². The van der Waals surface area contributed by atoms with Crippen LogP contribution in [0.4, 0.5) is 5.82 Å². The molecule has 2 saturated heterocycles. The molecule has 10 nitrogen and oxygen atoms in total. The number of aromatic nitrogens is 2. The first-order valence-corrected chi connectivity index (χ1v) is 20.4. The second kappa shape index (κ2) is 14.1. The van der Waals surface area contributed by atoms with Crippen molar-refractivity contribution < 1.29 is 27.2 Å². The second-order valence-corrected chi connectivity index (χ2v) is 22.1. The molecule has 2 fully saturated rings. The fourth-order valence-corrected chi connectivity index (χ4v) is 17.6. The van der Waals surface area contributed by atoms with E-state index < -0.39 is 47.4 Å². The van der Waals surface area contributed by atoms with Crippen molar-refractivity contribution in [2.75, 3.05) is 24.1 Å². The van der Waals surface area contributed by atoms with E-state index in [1.54, 1.807) is 36.5 Å². The molecule has 0 aliphatic carbocycles. The largest absolute Gasteiger partial charge is 0.414 e. The van der Waals surface area contributed by atoms with Gasteiger partial charge in [0, 0.05) is 11.8 Å². The third-order valence-electron chi connectivity index (χ3n) is 8.38. The van der Waals surface area contributed by atoms with Crippen LogP contribution in [0, 0.1) is 0 Å². The molecule has 4 rings (SSSR count). The monoisotopic (exact) mass is 649 g/mol. The number of hydrogen-bond acceptors (Lipinski definition) is 9. The number of nitrogens with one attached hydrogen (secondary N) is 1. The number of benzene rings is 1. The van der Waals surface area contributed by atoms with Crippen molar-refractivity contribution in [3.8, 4) is 0 Å². The molecule has 0 spiro atoms. The number of fused-ring (bicyclic) bond motifs is 1. The Morgan fingerprint density at radius 1 is 1.02 bits per heavy atom. The van der Waals surface area contributed by atoms with E-state index in [1.807, 2.05) is 12.3 Å². The zero-order valence-electron chi connectivity index (χ0n) is 26.7. The highest BCUT2D eigenvalue weighted by Gasteiger charge is 2.62. The first-order valence-electron chi connectivity index (χ1n) is 15.1. The van der Waals surface area contributed by atoms with Crippen LogP contribution >= 0.6 is 11.8 Å². The van der Waals surface area contributed by atoms with E-state index in [0.717, 1.165) is 0 Å². The predicted octanol–water partition coefficient (Wildman–Crippen LogP) is 6.06. The number of carbonyl (C=O) groups is 1. The molecule has 43 heavy (non-hydrogen) atoms. The molecule has 238 valence electrons. The van der Waals surface area contributed by atoms with Gasteiger partial charge >= 0.3 is 22.8 Å². The maximum absolute atomic E-state index is 13.4. The van der Waals surface area contributed by atoms with Crippen LogP contribution in [0.3, 0.4) is 0 Å². The van der Waals surface area contributed by atoms with Crippen molar-refractivity contribution in [3.63, 3.8) is 0 Å². The molecule has 1 aromatic heterocycles. The van der Waals surface area contributed by atoms with E-state index in [9.17, 15) is 9.59 Å². The highest BCUT2D eigenvalue weighted by molar-refractivity contribution is 7.98. The van der Waals surface area contributed by atoms with Crippen molar-refractivity contribution in [1.29, 1.82) is 0 Å². The average Bonchev–Trinajstić information content (AvgIpc) is 3.27. The van der Waals surface area contributed by atoms with E-state index in [1.165, 1.54) is 16.3 Å². The van der Waals surface area contributed by atoms with Gasteiger partial charge in [0.2, 0.25) is 0 Å². The Hall–Kier alpha value is -1.85. The minimum absolute atomic E-state index is 0.136. The molecule has 2 aromatic rings. The van der Waals surface area contributed by atoms with Gasteiger partial charge in [-0.25, -0.2) is 4.79 Å². The Morgan fingerprint density at radius 2 is 1.65 bits per heavy atom. The summed E-state index contributed by atoms with van der Waals surface area (Å²) in [5.74, 6) is 0.199. The van der Waals surface area contributed by atoms with Crippen molar-refractivity contribution in [2.24, 2.45) is 0 Å². The minimum Gasteiger partial charge on any atom is -0.414 e. The van der Waals surface area contributed by atoms with Gasteiger partial charge in [-0.05, 0) is 46.6 Å². The van der Waals surface area contributed by atoms with Crippen LogP contribution < -0.4 is 11.0 Å². The number of anilines is 1. The van der Waals surface area contributed by atoms with Crippen molar-refractivity contribution in [1.82, 2.24) is 9.55 Å². The van der Waals surface area contributed by atoms with Crippen molar-refractivity contribution in [3.05, 3.63) is 58.6 Å². The lowest BCUT2D eigenvalue weighted by molar-refractivity contribution is -0.0654. The molecular weight excluding hydrogens is 603 g/mol. The summed E-state index contributed by atoms with van der Waals surface area (Å²) >= 11 is 1.54. The SMILES string of the molecule is CSCO[C@@H]1[C@@H]2O[Si](C(C)C)(C(C)C)O[Si](C(C)C)(C(C)C)OC[C@H]2O[C@H]1n1ccc(NC(=O)c2ccccc2)nc1=O. The fraction of sp³-hybridized carbons (Fsp3) is 0.633. The van der Waals surface area contributed by atoms with Crippen molar-refractivity contribution >= 4 is 40.6 Å². The highest BCUT2D eigenvalue weighted by Crippen LogP contribution is 2.48. The number of thioether (sulfide) groups is 1. The first kappa shape index (κ1) is 34.0. The molecular formula is C30H47N3O7SSi2. The average molecular weight is 650 g/mol. The van der Waals surface area contributed by atoms with E-state index in [4.69, 9.17) is 22.4 Å². The summed E-state index contributed by atoms with van der Waals surface area (Å²) in [7, 11) is -5.69. The van der Waals surface area contributed by atoms with Crippen LogP contribution in [0.2, 0.25) is 22.2 Å². The van der Waals surface area contributed by atoms with Crippen LogP contribution in [0.1, 0.15) is 72.0 Å². The van der Waals surface area contributed by atoms with Gasteiger partial charge in [0.1, 0.15) is 24.1 Å². The molecule has 1 aromatic carbocycles. The quantitative estimate of drug-likeness (QED) is 0.243. The summed E-state index contributed by atoms with van der Waals surface area (Å²) in [5.41, 5.74) is 0.572. The normalized spacial score (nSPS) is 25.1. The Labute approximate surface area is 261 Å². The molecule has 13 heteroatoms. The van der Waals surface area contributed by atoms with Gasteiger partial charge in [0.15, 0.2) is 6.23 Å². The molecule has 1 N–H and O–H groups in total. The smallest absolute Gasteiger partial charge is 0.351 e. The number of ether oxygens (including phenoxy) is 2. The number of rotatable bonds is 10. The van der Waals surface area contributed by atoms with E-state index in [0.29, 0.717) is 11.5 Å². The third kappa shape index (κ3) is 6.88. The fourth-order valence-electron chi connectivity index (χ4n) is 6.12. The van der Waals surface area contributed by atoms with E-state index in [-0.39, 0.29) is 40.5 Å². The molecule has 3 heterocycles. The molecule has 2 aliphatic rings. The molecule has 4 atom stereocenters. The summed E-state index contributed by atoms with van der Waals surface area (Å²) in [5, 5.41) is 2.70. The zero-order chi connectivity index (χ0) is 31.5. The van der Waals surface area contributed by atoms with Gasteiger partial charge < -0.3 is 27.8 Å². The third-order valence-corrected chi connectivity index (χ3v) is 19.0. The lowest BCUT2D eigenvalue weighted by Gasteiger charge is -2.51.